The summed E-state index contributed by atoms with van der Waals surface area (Å²) in [4.78, 5) is 29.9. The summed E-state index contributed by atoms with van der Waals surface area (Å²) in [5.74, 6) is 0.725. The molecule has 0 spiro atoms. The number of anilines is 1. The number of para-hydroxylation sites is 2. The maximum Gasteiger partial charge on any atom is 0.289 e. The van der Waals surface area contributed by atoms with Crippen molar-refractivity contribution in [2.24, 2.45) is 0 Å². The van der Waals surface area contributed by atoms with Crippen molar-refractivity contribution in [3.05, 3.63) is 84.3 Å². The Bertz CT molecular complexity index is 1030. The molecule has 0 aliphatic carbocycles. The van der Waals surface area contributed by atoms with E-state index in [9.17, 15) is 9.59 Å². The Kier molecular flexibility index (Phi) is 6.87. The Morgan fingerprint density at radius 1 is 0.969 bits per heavy atom. The van der Waals surface area contributed by atoms with Crippen LogP contribution in [0.3, 0.4) is 0 Å². The molecule has 0 bridgehead atoms. The molecule has 166 valence electrons. The zero-order chi connectivity index (χ0) is 22.3. The van der Waals surface area contributed by atoms with Crippen LogP contribution in [0.4, 0.5) is 5.69 Å². The molecule has 3 aromatic rings. The van der Waals surface area contributed by atoms with Gasteiger partial charge in [-0.05, 0) is 36.8 Å². The maximum absolute atomic E-state index is 13.5. The highest BCUT2D eigenvalue weighted by Crippen LogP contribution is 2.28. The van der Waals surface area contributed by atoms with E-state index in [0.717, 1.165) is 5.56 Å². The van der Waals surface area contributed by atoms with E-state index >= 15 is 0 Å². The third-order valence-electron chi connectivity index (χ3n) is 5.51. The summed E-state index contributed by atoms with van der Waals surface area (Å²) in [6.45, 7) is 4.62. The van der Waals surface area contributed by atoms with Gasteiger partial charge in [-0.25, -0.2) is 0 Å². The van der Waals surface area contributed by atoms with Crippen molar-refractivity contribution >= 4 is 17.5 Å². The number of furan rings is 1. The molecule has 1 aromatic heterocycles. The highest BCUT2D eigenvalue weighted by atomic mass is 16.5. The number of rotatable bonds is 7. The molecule has 0 radical (unpaired) electrons. The summed E-state index contributed by atoms with van der Waals surface area (Å²) < 4.78 is 10.9. The lowest BCUT2D eigenvalue weighted by molar-refractivity contribution is -0.122. The van der Waals surface area contributed by atoms with Gasteiger partial charge in [-0.2, -0.15) is 0 Å². The molecule has 1 aliphatic rings. The van der Waals surface area contributed by atoms with Crippen molar-refractivity contribution in [2.75, 3.05) is 38.1 Å². The number of nitrogens with one attached hydrogen (secondary N) is 1. The monoisotopic (exact) mass is 433 g/mol. The van der Waals surface area contributed by atoms with Crippen LogP contribution >= 0.6 is 0 Å². The van der Waals surface area contributed by atoms with E-state index in [0.29, 0.717) is 50.0 Å². The van der Waals surface area contributed by atoms with Gasteiger partial charge in [0.25, 0.3) is 5.91 Å². The van der Waals surface area contributed by atoms with Gasteiger partial charge in [-0.1, -0.05) is 42.5 Å². The number of hydrogen-bond donors (Lipinski definition) is 1. The Hall–Kier alpha value is -3.58. The molecule has 1 aliphatic heterocycles. The van der Waals surface area contributed by atoms with Gasteiger partial charge in [0.15, 0.2) is 5.76 Å². The van der Waals surface area contributed by atoms with Crippen LogP contribution in [0.5, 0.6) is 5.75 Å². The highest BCUT2D eigenvalue weighted by molar-refractivity contribution is 5.97. The maximum atomic E-state index is 13.5. The number of amides is 2. The summed E-state index contributed by atoms with van der Waals surface area (Å²) >= 11 is 0. The zero-order valence-corrected chi connectivity index (χ0v) is 18.1. The van der Waals surface area contributed by atoms with Crippen molar-refractivity contribution in [3.63, 3.8) is 0 Å². The van der Waals surface area contributed by atoms with E-state index in [1.807, 2.05) is 61.5 Å². The summed E-state index contributed by atoms with van der Waals surface area (Å²) in [6, 6.07) is 20.0. The van der Waals surface area contributed by atoms with Crippen LogP contribution in [-0.2, 0) is 4.79 Å². The normalized spacial score (nSPS) is 15.2. The summed E-state index contributed by atoms with van der Waals surface area (Å²) in [6.07, 6.45) is 1.50. The van der Waals surface area contributed by atoms with Crippen LogP contribution in [0.1, 0.15) is 29.1 Å². The quantitative estimate of drug-likeness (QED) is 0.613. The van der Waals surface area contributed by atoms with Gasteiger partial charge < -0.3 is 19.4 Å². The molecule has 0 unspecified atom stereocenters. The van der Waals surface area contributed by atoms with Gasteiger partial charge in [-0.15, -0.1) is 0 Å². The Labute approximate surface area is 187 Å². The van der Waals surface area contributed by atoms with Gasteiger partial charge >= 0.3 is 0 Å². The zero-order valence-electron chi connectivity index (χ0n) is 18.1. The van der Waals surface area contributed by atoms with E-state index in [1.165, 1.54) is 6.26 Å². The number of benzene rings is 2. The van der Waals surface area contributed by atoms with E-state index in [4.69, 9.17) is 9.15 Å². The van der Waals surface area contributed by atoms with Crippen molar-refractivity contribution in [3.8, 4) is 5.75 Å². The van der Waals surface area contributed by atoms with Crippen LogP contribution in [0.15, 0.2) is 77.4 Å². The number of ether oxygens (including phenoxy) is 1. The Morgan fingerprint density at radius 3 is 2.38 bits per heavy atom. The molecule has 1 N–H and O–H groups in total. The Morgan fingerprint density at radius 2 is 1.69 bits per heavy atom. The van der Waals surface area contributed by atoms with E-state index in [2.05, 4.69) is 10.2 Å². The third-order valence-corrected chi connectivity index (χ3v) is 5.51. The fraction of sp³-hybridized carbons (Fsp3) is 0.280. The van der Waals surface area contributed by atoms with Gasteiger partial charge in [0.05, 0.1) is 18.6 Å². The van der Waals surface area contributed by atoms with Crippen molar-refractivity contribution in [2.45, 2.75) is 13.0 Å². The molecule has 2 aromatic carbocycles. The first-order chi connectivity index (χ1) is 15.7. The number of carbonyl (C=O) groups excluding carboxylic acids is 2. The first-order valence-electron chi connectivity index (χ1n) is 10.8. The summed E-state index contributed by atoms with van der Waals surface area (Å²) in [7, 11) is 0. The van der Waals surface area contributed by atoms with Gasteiger partial charge in [-0.3, -0.25) is 14.5 Å². The lowest BCUT2D eigenvalue weighted by Gasteiger charge is -2.38. The molecule has 1 fully saturated rings. The fourth-order valence-electron chi connectivity index (χ4n) is 3.96. The van der Waals surface area contributed by atoms with Crippen molar-refractivity contribution < 1.29 is 18.7 Å². The molecule has 2 amide bonds. The molecule has 4 rings (SSSR count). The predicted molar refractivity (Wildman–Crippen MR) is 122 cm³/mol. The largest absolute Gasteiger partial charge is 0.492 e. The lowest BCUT2D eigenvalue weighted by Crippen LogP contribution is -2.51. The molecule has 1 saturated heterocycles. The van der Waals surface area contributed by atoms with Crippen LogP contribution in [-0.4, -0.2) is 54.4 Å². The first-order valence-corrected chi connectivity index (χ1v) is 10.8. The van der Waals surface area contributed by atoms with E-state index < -0.39 is 6.04 Å². The summed E-state index contributed by atoms with van der Waals surface area (Å²) in [5, 5.41) is 3.05. The van der Waals surface area contributed by atoms with Gasteiger partial charge in [0, 0.05) is 26.2 Å². The van der Waals surface area contributed by atoms with Gasteiger partial charge in [0.2, 0.25) is 5.91 Å². The molecule has 7 heteroatoms. The molecular weight excluding hydrogens is 406 g/mol. The molecule has 7 nitrogen and oxygen atoms in total. The first kappa shape index (κ1) is 21.6. The second-order valence-corrected chi connectivity index (χ2v) is 7.54. The second-order valence-electron chi connectivity index (χ2n) is 7.54. The molecule has 2 heterocycles. The van der Waals surface area contributed by atoms with Crippen molar-refractivity contribution in [1.82, 2.24) is 9.80 Å². The third kappa shape index (κ3) is 4.84. The SMILES string of the molecule is CCOc1ccccc1NC(=O)[C@H](c1ccccc1)N1CCN(C(=O)c2ccco2)CC1. The van der Waals surface area contributed by atoms with E-state index in [-0.39, 0.29) is 11.8 Å². The van der Waals surface area contributed by atoms with Crippen LogP contribution in [0, 0.1) is 0 Å². The number of carbonyl (C=O) groups is 2. The lowest BCUT2D eigenvalue weighted by atomic mass is 10.0. The topological polar surface area (TPSA) is 75.0 Å². The Balaban J connectivity index is 1.51. The van der Waals surface area contributed by atoms with Crippen molar-refractivity contribution in [1.29, 1.82) is 0 Å². The average Bonchev–Trinajstić information content (AvgIpc) is 3.36. The van der Waals surface area contributed by atoms with Crippen LogP contribution in [0.2, 0.25) is 0 Å². The van der Waals surface area contributed by atoms with Gasteiger partial charge in [0.1, 0.15) is 11.8 Å². The highest BCUT2D eigenvalue weighted by Gasteiger charge is 2.32. The minimum absolute atomic E-state index is 0.124. The molecular formula is C25H27N3O4. The van der Waals surface area contributed by atoms with E-state index in [1.54, 1.807) is 17.0 Å². The predicted octanol–water partition coefficient (Wildman–Crippen LogP) is 3.82. The second kappa shape index (κ2) is 10.2. The standard InChI is InChI=1S/C25H27N3O4/c1-2-31-21-12-7-6-11-20(21)26-24(29)23(19-9-4-3-5-10-19)27-14-16-28(17-15-27)25(30)22-13-8-18-32-22/h3-13,18,23H,2,14-17H2,1H3,(H,26,29)/t23-/m0/s1. The number of hydrogen-bond acceptors (Lipinski definition) is 5. The summed E-state index contributed by atoms with van der Waals surface area (Å²) in [5.41, 5.74) is 1.55. The molecule has 32 heavy (non-hydrogen) atoms. The molecule has 0 saturated carbocycles. The fourth-order valence-corrected chi connectivity index (χ4v) is 3.96. The number of piperazine rings is 1. The average molecular weight is 434 g/mol. The smallest absolute Gasteiger partial charge is 0.289 e. The number of nitrogens with zero attached hydrogens (tertiary/aromatic N) is 2. The minimum atomic E-state index is -0.480. The minimum Gasteiger partial charge on any atom is -0.492 e. The van der Waals surface area contributed by atoms with Crippen LogP contribution in [0.25, 0.3) is 0 Å². The van der Waals surface area contributed by atoms with Crippen LogP contribution < -0.4 is 10.1 Å². The molecule has 1 atom stereocenters.